The number of amides is 1. The average Bonchev–Trinajstić information content (AvgIpc) is 2.65. The first-order valence-electron chi connectivity index (χ1n) is 5.37. The van der Waals surface area contributed by atoms with E-state index in [0.717, 1.165) is 32.7 Å². The highest BCUT2D eigenvalue weighted by molar-refractivity contribution is 5.82. The van der Waals surface area contributed by atoms with Gasteiger partial charge in [0.2, 0.25) is 5.91 Å². The van der Waals surface area contributed by atoms with Crippen LogP contribution in [0, 0.1) is 5.92 Å². The topological polar surface area (TPSA) is 41.6 Å². The van der Waals surface area contributed by atoms with Crippen LogP contribution in [-0.2, 0) is 9.53 Å². The molecule has 2 saturated heterocycles. The number of rotatable bonds is 1. The van der Waals surface area contributed by atoms with Crippen molar-refractivity contribution >= 4 is 5.91 Å². The van der Waals surface area contributed by atoms with Gasteiger partial charge in [0.15, 0.2) is 0 Å². The third-order valence-electron chi connectivity index (χ3n) is 2.96. The van der Waals surface area contributed by atoms with E-state index < -0.39 is 0 Å². The Balaban J connectivity index is 1.87. The first-order chi connectivity index (χ1) is 6.77. The summed E-state index contributed by atoms with van der Waals surface area (Å²) in [6.45, 7) is 6.07. The van der Waals surface area contributed by atoms with Crippen molar-refractivity contribution in [1.82, 2.24) is 10.2 Å². The number of ether oxygens (including phenoxy) is 1. The van der Waals surface area contributed by atoms with E-state index in [0.29, 0.717) is 12.5 Å². The monoisotopic (exact) mass is 198 g/mol. The second kappa shape index (κ2) is 4.28. The van der Waals surface area contributed by atoms with Crippen molar-refractivity contribution in [2.75, 3.05) is 32.8 Å². The Labute approximate surface area is 84.6 Å². The number of hydrogen-bond acceptors (Lipinski definition) is 3. The summed E-state index contributed by atoms with van der Waals surface area (Å²) < 4.78 is 5.28. The van der Waals surface area contributed by atoms with Crippen LogP contribution in [0.4, 0.5) is 0 Å². The van der Waals surface area contributed by atoms with Gasteiger partial charge < -0.3 is 15.0 Å². The van der Waals surface area contributed by atoms with Gasteiger partial charge in [-0.05, 0) is 12.3 Å². The molecule has 2 unspecified atom stereocenters. The zero-order chi connectivity index (χ0) is 9.97. The molecule has 0 aromatic carbocycles. The van der Waals surface area contributed by atoms with Gasteiger partial charge in [0, 0.05) is 19.6 Å². The summed E-state index contributed by atoms with van der Waals surface area (Å²) in [7, 11) is 0. The molecule has 0 aromatic heterocycles. The molecule has 1 N–H and O–H groups in total. The zero-order valence-corrected chi connectivity index (χ0v) is 8.66. The highest BCUT2D eigenvalue weighted by Gasteiger charge is 2.29. The molecule has 80 valence electrons. The Morgan fingerprint density at radius 1 is 1.57 bits per heavy atom. The van der Waals surface area contributed by atoms with Gasteiger partial charge in [0.1, 0.15) is 6.04 Å². The first-order valence-corrected chi connectivity index (χ1v) is 5.37. The molecule has 0 spiro atoms. The highest BCUT2D eigenvalue weighted by Crippen LogP contribution is 2.16. The minimum absolute atomic E-state index is 0.103. The number of nitrogens with zero attached hydrogens (tertiary/aromatic N) is 1. The predicted molar refractivity (Wildman–Crippen MR) is 53.0 cm³/mol. The van der Waals surface area contributed by atoms with Gasteiger partial charge in [-0.25, -0.2) is 0 Å². The molecule has 4 nitrogen and oxygen atoms in total. The lowest BCUT2D eigenvalue weighted by molar-refractivity contribution is -0.135. The highest BCUT2D eigenvalue weighted by atomic mass is 16.5. The Hall–Kier alpha value is -0.610. The summed E-state index contributed by atoms with van der Waals surface area (Å²) >= 11 is 0. The molecule has 0 aromatic rings. The van der Waals surface area contributed by atoms with Gasteiger partial charge in [0.25, 0.3) is 0 Å². The van der Waals surface area contributed by atoms with Crippen molar-refractivity contribution in [3.05, 3.63) is 0 Å². The minimum Gasteiger partial charge on any atom is -0.378 e. The molecular formula is C10H18N2O2. The summed E-state index contributed by atoms with van der Waals surface area (Å²) in [5, 5.41) is 3.19. The smallest absolute Gasteiger partial charge is 0.242 e. The zero-order valence-electron chi connectivity index (χ0n) is 8.66. The first kappa shape index (κ1) is 9.93. The van der Waals surface area contributed by atoms with Crippen LogP contribution >= 0.6 is 0 Å². The third-order valence-corrected chi connectivity index (χ3v) is 2.96. The SMILES string of the molecule is CC1CCN(C(=O)C2COCCN2)C1. The number of carbonyl (C=O) groups excluding carboxylic acids is 1. The van der Waals surface area contributed by atoms with Gasteiger partial charge in [-0.1, -0.05) is 6.92 Å². The summed E-state index contributed by atoms with van der Waals surface area (Å²) in [4.78, 5) is 13.9. The van der Waals surface area contributed by atoms with Crippen LogP contribution in [0.5, 0.6) is 0 Å². The molecule has 2 aliphatic rings. The van der Waals surface area contributed by atoms with Crippen molar-refractivity contribution < 1.29 is 9.53 Å². The van der Waals surface area contributed by atoms with Gasteiger partial charge >= 0.3 is 0 Å². The normalized spacial score (nSPS) is 33.4. The van der Waals surface area contributed by atoms with Gasteiger partial charge in [-0.3, -0.25) is 4.79 Å². The van der Waals surface area contributed by atoms with E-state index in [1.165, 1.54) is 0 Å². The maximum absolute atomic E-state index is 11.9. The molecule has 0 aliphatic carbocycles. The van der Waals surface area contributed by atoms with E-state index in [1.807, 2.05) is 4.90 Å². The lowest BCUT2D eigenvalue weighted by atomic mass is 10.2. The van der Waals surface area contributed by atoms with Crippen LogP contribution in [0.3, 0.4) is 0 Å². The van der Waals surface area contributed by atoms with Crippen LogP contribution < -0.4 is 5.32 Å². The number of morpholine rings is 1. The van der Waals surface area contributed by atoms with Crippen LogP contribution in [0.1, 0.15) is 13.3 Å². The number of nitrogens with one attached hydrogen (secondary N) is 1. The Kier molecular flexibility index (Phi) is 3.03. The van der Waals surface area contributed by atoms with E-state index in [1.54, 1.807) is 0 Å². The Morgan fingerprint density at radius 3 is 3.00 bits per heavy atom. The largest absolute Gasteiger partial charge is 0.378 e. The van der Waals surface area contributed by atoms with Gasteiger partial charge in [-0.15, -0.1) is 0 Å². The van der Waals surface area contributed by atoms with E-state index in [9.17, 15) is 4.79 Å². The fraction of sp³-hybridized carbons (Fsp3) is 0.900. The average molecular weight is 198 g/mol. The van der Waals surface area contributed by atoms with Crippen molar-refractivity contribution in [2.45, 2.75) is 19.4 Å². The lowest BCUT2D eigenvalue weighted by Gasteiger charge is -2.27. The molecule has 0 radical (unpaired) electrons. The Bertz CT molecular complexity index is 207. The molecule has 2 atom stereocenters. The molecule has 4 heteroatoms. The number of carbonyl (C=O) groups is 1. The third kappa shape index (κ3) is 2.07. The van der Waals surface area contributed by atoms with Crippen LogP contribution in [0.15, 0.2) is 0 Å². The summed E-state index contributed by atoms with van der Waals surface area (Å²) in [6, 6.07) is -0.103. The maximum Gasteiger partial charge on any atom is 0.242 e. The van der Waals surface area contributed by atoms with E-state index in [2.05, 4.69) is 12.2 Å². The summed E-state index contributed by atoms with van der Waals surface area (Å²) in [5.41, 5.74) is 0. The van der Waals surface area contributed by atoms with Crippen LogP contribution in [0.2, 0.25) is 0 Å². The van der Waals surface area contributed by atoms with E-state index >= 15 is 0 Å². The maximum atomic E-state index is 11.9. The molecular weight excluding hydrogens is 180 g/mol. The molecule has 2 heterocycles. The molecule has 0 bridgehead atoms. The molecule has 2 rings (SSSR count). The number of likely N-dealkylation sites (tertiary alicyclic amines) is 1. The Morgan fingerprint density at radius 2 is 2.43 bits per heavy atom. The second-order valence-corrected chi connectivity index (χ2v) is 4.26. The van der Waals surface area contributed by atoms with Gasteiger partial charge in [0.05, 0.1) is 13.2 Å². The predicted octanol–water partition coefficient (Wildman–Crippen LogP) is -0.157. The van der Waals surface area contributed by atoms with Crippen molar-refractivity contribution in [3.63, 3.8) is 0 Å². The summed E-state index contributed by atoms with van der Waals surface area (Å²) in [6.07, 6.45) is 1.14. The standard InChI is InChI=1S/C10H18N2O2/c1-8-2-4-12(6-8)10(13)9-7-14-5-3-11-9/h8-9,11H,2-7H2,1H3. The fourth-order valence-electron chi connectivity index (χ4n) is 2.08. The molecule has 0 saturated carbocycles. The quantitative estimate of drug-likeness (QED) is 0.637. The van der Waals surface area contributed by atoms with Crippen LogP contribution in [-0.4, -0.2) is 49.7 Å². The lowest BCUT2D eigenvalue weighted by Crippen LogP contribution is -2.52. The molecule has 2 aliphatic heterocycles. The van der Waals surface area contributed by atoms with Gasteiger partial charge in [-0.2, -0.15) is 0 Å². The molecule has 14 heavy (non-hydrogen) atoms. The minimum atomic E-state index is -0.103. The number of hydrogen-bond donors (Lipinski definition) is 1. The van der Waals surface area contributed by atoms with Crippen molar-refractivity contribution in [3.8, 4) is 0 Å². The van der Waals surface area contributed by atoms with Crippen molar-refractivity contribution in [1.29, 1.82) is 0 Å². The fourth-order valence-corrected chi connectivity index (χ4v) is 2.08. The van der Waals surface area contributed by atoms with Crippen molar-refractivity contribution in [2.24, 2.45) is 5.92 Å². The molecule has 2 fully saturated rings. The van der Waals surface area contributed by atoms with Crippen LogP contribution in [0.25, 0.3) is 0 Å². The van der Waals surface area contributed by atoms with E-state index in [4.69, 9.17) is 4.74 Å². The summed E-state index contributed by atoms with van der Waals surface area (Å²) in [5.74, 6) is 0.873. The van der Waals surface area contributed by atoms with E-state index in [-0.39, 0.29) is 11.9 Å². The molecule has 1 amide bonds. The second-order valence-electron chi connectivity index (χ2n) is 4.26.